The lowest BCUT2D eigenvalue weighted by molar-refractivity contribution is -0.127. The Hall–Kier alpha value is -1.59. The Morgan fingerprint density at radius 2 is 1.73 bits per heavy atom. The van der Waals surface area contributed by atoms with Crippen LogP contribution in [0.2, 0.25) is 5.02 Å². The first kappa shape index (κ1) is 19.2. The van der Waals surface area contributed by atoms with Crippen molar-refractivity contribution in [3.05, 3.63) is 29.3 Å². The van der Waals surface area contributed by atoms with Crippen molar-refractivity contribution in [3.63, 3.8) is 0 Å². The van der Waals surface area contributed by atoms with Gasteiger partial charge in [-0.3, -0.25) is 14.5 Å². The summed E-state index contributed by atoms with van der Waals surface area (Å²) in [6, 6.07) is 7.49. The zero-order valence-electron chi connectivity index (χ0n) is 15.2. The van der Waals surface area contributed by atoms with E-state index in [4.69, 9.17) is 11.6 Å². The molecule has 142 valence electrons. The molecular formula is C20H28ClN3O2. The lowest BCUT2D eigenvalue weighted by atomic mass is 9.88. The van der Waals surface area contributed by atoms with Crippen molar-refractivity contribution in [1.82, 2.24) is 10.2 Å². The molecule has 0 bridgehead atoms. The topological polar surface area (TPSA) is 61.4 Å². The molecule has 2 amide bonds. The molecule has 0 unspecified atom stereocenters. The molecule has 1 saturated heterocycles. The van der Waals surface area contributed by atoms with E-state index in [1.807, 2.05) is 12.1 Å². The number of piperidine rings is 1. The minimum Gasteiger partial charge on any atom is -0.353 e. The maximum Gasteiger partial charge on any atom is 0.238 e. The molecule has 1 saturated carbocycles. The molecule has 26 heavy (non-hydrogen) atoms. The fourth-order valence-corrected chi connectivity index (χ4v) is 4.06. The predicted octanol–water partition coefficient (Wildman–Crippen LogP) is 3.44. The van der Waals surface area contributed by atoms with Crippen LogP contribution in [0, 0.1) is 5.92 Å². The summed E-state index contributed by atoms with van der Waals surface area (Å²) in [5.41, 5.74) is 0.647. The molecular weight excluding hydrogens is 350 g/mol. The van der Waals surface area contributed by atoms with Gasteiger partial charge >= 0.3 is 0 Å². The zero-order valence-corrected chi connectivity index (χ0v) is 15.9. The van der Waals surface area contributed by atoms with Gasteiger partial charge in [0, 0.05) is 25.0 Å². The normalized spacial score (nSPS) is 19.9. The van der Waals surface area contributed by atoms with Crippen molar-refractivity contribution in [2.24, 2.45) is 5.92 Å². The van der Waals surface area contributed by atoms with Gasteiger partial charge in [0.05, 0.1) is 17.3 Å². The number of anilines is 1. The fraction of sp³-hybridized carbons (Fsp3) is 0.600. The summed E-state index contributed by atoms with van der Waals surface area (Å²) in [6.07, 6.45) is 7.49. The number of amides is 2. The van der Waals surface area contributed by atoms with Crippen molar-refractivity contribution in [2.75, 3.05) is 25.0 Å². The highest BCUT2D eigenvalue weighted by Gasteiger charge is 2.26. The zero-order chi connectivity index (χ0) is 18.4. The Morgan fingerprint density at radius 1 is 1.04 bits per heavy atom. The van der Waals surface area contributed by atoms with Crippen LogP contribution in [0.5, 0.6) is 0 Å². The molecule has 1 aliphatic carbocycles. The van der Waals surface area contributed by atoms with Crippen molar-refractivity contribution in [3.8, 4) is 0 Å². The lowest BCUT2D eigenvalue weighted by Crippen LogP contribution is -2.48. The number of nitrogens with one attached hydrogen (secondary N) is 2. The fourth-order valence-electron chi connectivity index (χ4n) is 3.87. The van der Waals surface area contributed by atoms with E-state index < -0.39 is 0 Å². The van der Waals surface area contributed by atoms with E-state index in [-0.39, 0.29) is 23.8 Å². The molecule has 3 rings (SSSR count). The van der Waals surface area contributed by atoms with E-state index in [0.29, 0.717) is 17.3 Å². The number of para-hydroxylation sites is 1. The number of nitrogens with zero attached hydrogens (tertiary/aromatic N) is 1. The van der Waals surface area contributed by atoms with E-state index in [1.54, 1.807) is 12.1 Å². The number of benzene rings is 1. The van der Waals surface area contributed by atoms with Crippen LogP contribution in [0.3, 0.4) is 0 Å². The Bertz CT molecular complexity index is 623. The molecule has 1 aromatic rings. The summed E-state index contributed by atoms with van der Waals surface area (Å²) >= 11 is 6.07. The first-order valence-electron chi connectivity index (χ1n) is 9.69. The van der Waals surface area contributed by atoms with Crippen molar-refractivity contribution in [2.45, 2.75) is 51.0 Å². The van der Waals surface area contributed by atoms with Gasteiger partial charge in [-0.2, -0.15) is 0 Å². The average molecular weight is 378 g/mol. The highest BCUT2D eigenvalue weighted by molar-refractivity contribution is 6.33. The SMILES string of the molecule is O=C(CN1CCC(NC(=O)C2CCCCC2)CC1)Nc1ccccc1Cl. The maximum atomic E-state index is 12.4. The lowest BCUT2D eigenvalue weighted by Gasteiger charge is -2.33. The third-order valence-electron chi connectivity index (χ3n) is 5.43. The maximum absolute atomic E-state index is 12.4. The van der Waals surface area contributed by atoms with E-state index in [1.165, 1.54) is 19.3 Å². The Balaban J connectivity index is 1.38. The molecule has 1 heterocycles. The third kappa shape index (κ3) is 5.45. The molecule has 2 aliphatic rings. The van der Waals surface area contributed by atoms with Gasteiger partial charge in [0.1, 0.15) is 0 Å². The van der Waals surface area contributed by atoms with Crippen LogP contribution in [0.4, 0.5) is 5.69 Å². The molecule has 0 radical (unpaired) electrons. The second-order valence-corrected chi connectivity index (χ2v) is 7.83. The van der Waals surface area contributed by atoms with Crippen LogP contribution in [-0.2, 0) is 9.59 Å². The summed E-state index contributed by atoms with van der Waals surface area (Å²) < 4.78 is 0. The number of hydrogen-bond donors (Lipinski definition) is 2. The van der Waals surface area contributed by atoms with Crippen LogP contribution in [0.25, 0.3) is 0 Å². The summed E-state index contributed by atoms with van der Waals surface area (Å²) in [6.45, 7) is 2.01. The smallest absolute Gasteiger partial charge is 0.238 e. The van der Waals surface area contributed by atoms with E-state index in [2.05, 4.69) is 15.5 Å². The van der Waals surface area contributed by atoms with Crippen LogP contribution in [0.1, 0.15) is 44.9 Å². The molecule has 2 N–H and O–H groups in total. The molecule has 6 heteroatoms. The van der Waals surface area contributed by atoms with E-state index >= 15 is 0 Å². The van der Waals surface area contributed by atoms with Crippen LogP contribution >= 0.6 is 11.6 Å². The molecule has 1 aromatic carbocycles. The van der Waals surface area contributed by atoms with Crippen molar-refractivity contribution < 1.29 is 9.59 Å². The molecule has 0 spiro atoms. The van der Waals surface area contributed by atoms with Gasteiger partial charge in [-0.05, 0) is 37.8 Å². The van der Waals surface area contributed by atoms with Crippen LogP contribution in [-0.4, -0.2) is 42.4 Å². The number of rotatable bonds is 5. The Kier molecular flexibility index (Phi) is 6.92. The van der Waals surface area contributed by atoms with Gasteiger partial charge in [-0.25, -0.2) is 0 Å². The second kappa shape index (κ2) is 9.38. The first-order chi connectivity index (χ1) is 12.6. The van der Waals surface area contributed by atoms with Crippen molar-refractivity contribution >= 4 is 29.1 Å². The second-order valence-electron chi connectivity index (χ2n) is 7.42. The predicted molar refractivity (Wildman–Crippen MR) is 104 cm³/mol. The van der Waals surface area contributed by atoms with Gasteiger partial charge < -0.3 is 10.6 Å². The van der Waals surface area contributed by atoms with Gasteiger partial charge in [0.25, 0.3) is 0 Å². The summed E-state index contributed by atoms with van der Waals surface area (Å²) in [5.74, 6) is 0.394. The highest BCUT2D eigenvalue weighted by atomic mass is 35.5. The molecule has 0 atom stereocenters. The molecule has 1 aliphatic heterocycles. The van der Waals surface area contributed by atoms with Crippen molar-refractivity contribution in [1.29, 1.82) is 0 Å². The minimum absolute atomic E-state index is 0.0530. The van der Waals surface area contributed by atoms with Gasteiger partial charge in [0.2, 0.25) is 11.8 Å². The van der Waals surface area contributed by atoms with E-state index in [9.17, 15) is 9.59 Å². The number of likely N-dealkylation sites (tertiary alicyclic amines) is 1. The Morgan fingerprint density at radius 3 is 2.42 bits per heavy atom. The third-order valence-corrected chi connectivity index (χ3v) is 5.75. The molecule has 5 nitrogen and oxygen atoms in total. The standard InChI is InChI=1S/C20H28ClN3O2/c21-17-8-4-5-9-18(17)23-19(25)14-24-12-10-16(11-13-24)22-20(26)15-6-2-1-3-7-15/h4-5,8-9,15-16H,1-3,6-7,10-14H2,(H,22,26)(H,23,25). The highest BCUT2D eigenvalue weighted by Crippen LogP contribution is 2.24. The molecule has 2 fully saturated rings. The van der Waals surface area contributed by atoms with Gasteiger partial charge in [0.15, 0.2) is 0 Å². The van der Waals surface area contributed by atoms with Crippen LogP contribution < -0.4 is 10.6 Å². The van der Waals surface area contributed by atoms with Gasteiger partial charge in [-0.1, -0.05) is 43.0 Å². The number of halogens is 1. The average Bonchev–Trinajstić information content (AvgIpc) is 2.66. The van der Waals surface area contributed by atoms with E-state index in [0.717, 1.165) is 38.8 Å². The monoisotopic (exact) mass is 377 g/mol. The largest absolute Gasteiger partial charge is 0.353 e. The molecule has 0 aromatic heterocycles. The summed E-state index contributed by atoms with van der Waals surface area (Å²) in [4.78, 5) is 26.7. The number of hydrogen-bond acceptors (Lipinski definition) is 3. The number of carbonyl (C=O) groups is 2. The summed E-state index contributed by atoms with van der Waals surface area (Å²) in [7, 11) is 0. The Labute approximate surface area is 160 Å². The number of carbonyl (C=O) groups excluding carboxylic acids is 2. The first-order valence-corrected chi connectivity index (χ1v) is 10.1. The quantitative estimate of drug-likeness (QED) is 0.826. The summed E-state index contributed by atoms with van der Waals surface area (Å²) in [5, 5.41) is 6.63. The minimum atomic E-state index is -0.0530. The van der Waals surface area contributed by atoms with Crippen LogP contribution in [0.15, 0.2) is 24.3 Å². The van der Waals surface area contributed by atoms with Gasteiger partial charge in [-0.15, -0.1) is 0 Å².